The van der Waals surface area contributed by atoms with Gasteiger partial charge < -0.3 is 10.4 Å². The van der Waals surface area contributed by atoms with Crippen LogP contribution in [0.1, 0.15) is 18.0 Å². The maximum Gasteiger partial charge on any atom is 0.272 e. The van der Waals surface area contributed by atoms with Gasteiger partial charge in [-0.25, -0.2) is 4.39 Å². The van der Waals surface area contributed by atoms with Crippen LogP contribution in [0.15, 0.2) is 48.5 Å². The molecule has 1 atom stereocenters. The zero-order valence-corrected chi connectivity index (χ0v) is 11.2. The summed E-state index contributed by atoms with van der Waals surface area (Å²) in [5.74, 6) is -0.692. The lowest BCUT2D eigenvalue weighted by Crippen LogP contribution is -2.13. The largest absolute Gasteiger partial charge is 0.396 e. The van der Waals surface area contributed by atoms with E-state index in [1.165, 1.54) is 12.1 Å². The number of aliphatic hydroxyl groups is 1. The Morgan fingerprint density at radius 2 is 1.95 bits per heavy atom. The topological polar surface area (TPSA) is 75.4 Å². The van der Waals surface area contributed by atoms with E-state index in [0.717, 1.165) is 11.6 Å². The predicted molar refractivity (Wildman–Crippen MR) is 77.6 cm³/mol. The molecule has 5 nitrogen and oxygen atoms in total. The first-order valence-corrected chi connectivity index (χ1v) is 6.48. The van der Waals surface area contributed by atoms with Gasteiger partial charge in [-0.3, -0.25) is 10.1 Å². The van der Waals surface area contributed by atoms with Gasteiger partial charge in [0.1, 0.15) is 0 Å². The highest BCUT2D eigenvalue weighted by Gasteiger charge is 2.15. The first kappa shape index (κ1) is 14.9. The third kappa shape index (κ3) is 3.76. The van der Waals surface area contributed by atoms with E-state index in [9.17, 15) is 14.5 Å². The minimum absolute atomic E-state index is 0.0544. The summed E-state index contributed by atoms with van der Waals surface area (Å²) >= 11 is 0. The van der Waals surface area contributed by atoms with Crippen LogP contribution in [0.2, 0.25) is 0 Å². The van der Waals surface area contributed by atoms with Crippen LogP contribution in [0, 0.1) is 15.9 Å². The minimum Gasteiger partial charge on any atom is -0.396 e. The predicted octanol–water partition coefficient (Wildman–Crippen LogP) is 3.27. The highest BCUT2D eigenvalue weighted by Crippen LogP contribution is 2.26. The number of nitrogens with one attached hydrogen (secondary N) is 1. The molecule has 21 heavy (non-hydrogen) atoms. The van der Waals surface area contributed by atoms with Gasteiger partial charge in [-0.1, -0.05) is 30.3 Å². The van der Waals surface area contributed by atoms with E-state index in [1.54, 1.807) is 0 Å². The summed E-state index contributed by atoms with van der Waals surface area (Å²) in [5, 5.41) is 22.7. The van der Waals surface area contributed by atoms with Gasteiger partial charge in [0, 0.05) is 12.7 Å². The Hall–Kier alpha value is -2.47. The van der Waals surface area contributed by atoms with Crippen molar-refractivity contribution >= 4 is 11.4 Å². The van der Waals surface area contributed by atoms with Gasteiger partial charge in [0.2, 0.25) is 0 Å². The molecular formula is C15H15FN2O3. The summed E-state index contributed by atoms with van der Waals surface area (Å²) in [6.07, 6.45) is 0.403. The smallest absolute Gasteiger partial charge is 0.272 e. The first-order valence-electron chi connectivity index (χ1n) is 6.48. The van der Waals surface area contributed by atoms with Gasteiger partial charge >= 0.3 is 0 Å². The summed E-state index contributed by atoms with van der Waals surface area (Å²) < 4.78 is 13.9. The van der Waals surface area contributed by atoms with Crippen molar-refractivity contribution in [3.05, 3.63) is 70.0 Å². The van der Waals surface area contributed by atoms with E-state index in [4.69, 9.17) is 5.11 Å². The van der Waals surface area contributed by atoms with Gasteiger partial charge in [0.05, 0.1) is 22.7 Å². The van der Waals surface area contributed by atoms with Crippen molar-refractivity contribution in [1.82, 2.24) is 0 Å². The van der Waals surface area contributed by atoms with Crippen LogP contribution in [0.5, 0.6) is 0 Å². The maximum atomic E-state index is 13.9. The molecule has 0 saturated heterocycles. The average Bonchev–Trinajstić information content (AvgIpc) is 2.49. The number of benzene rings is 2. The number of nitro groups is 1. The van der Waals surface area contributed by atoms with Gasteiger partial charge in [-0.05, 0) is 18.1 Å². The molecule has 6 heteroatoms. The molecule has 110 valence electrons. The second-order valence-electron chi connectivity index (χ2n) is 4.54. The number of aliphatic hydroxyl groups excluding tert-OH is 1. The third-order valence-corrected chi connectivity index (χ3v) is 3.11. The van der Waals surface area contributed by atoms with E-state index < -0.39 is 10.7 Å². The molecule has 2 aromatic carbocycles. The zero-order chi connectivity index (χ0) is 15.2. The van der Waals surface area contributed by atoms with Crippen LogP contribution in [0.25, 0.3) is 0 Å². The van der Waals surface area contributed by atoms with E-state index in [2.05, 4.69) is 5.32 Å². The van der Waals surface area contributed by atoms with Crippen molar-refractivity contribution in [2.45, 2.75) is 12.5 Å². The Morgan fingerprint density at radius 3 is 2.52 bits per heavy atom. The number of rotatable bonds is 6. The Bertz CT molecular complexity index is 620. The summed E-state index contributed by atoms with van der Waals surface area (Å²) in [5.41, 5.74) is 0.781. The summed E-state index contributed by atoms with van der Waals surface area (Å²) in [6, 6.07) is 12.5. The number of nitrogens with zero attached hydrogens (tertiary/aromatic N) is 1. The molecule has 0 unspecified atom stereocenters. The molecule has 0 aliphatic heterocycles. The third-order valence-electron chi connectivity index (χ3n) is 3.11. The highest BCUT2D eigenvalue weighted by atomic mass is 19.1. The molecule has 0 amide bonds. The fourth-order valence-corrected chi connectivity index (χ4v) is 2.06. The molecule has 0 aliphatic rings. The molecular weight excluding hydrogens is 275 g/mol. The molecule has 0 heterocycles. The van der Waals surface area contributed by atoms with Crippen LogP contribution >= 0.6 is 0 Å². The van der Waals surface area contributed by atoms with Gasteiger partial charge in [0.15, 0.2) is 5.82 Å². The number of nitro benzene ring substituents is 1. The minimum atomic E-state index is -0.692. The van der Waals surface area contributed by atoms with Crippen LogP contribution < -0.4 is 5.32 Å². The number of hydrogen-bond acceptors (Lipinski definition) is 4. The van der Waals surface area contributed by atoms with Crippen LogP contribution in [0.3, 0.4) is 0 Å². The molecule has 0 aliphatic carbocycles. The monoisotopic (exact) mass is 290 g/mol. The number of halogens is 1. The van der Waals surface area contributed by atoms with E-state index in [1.807, 2.05) is 30.3 Å². The number of non-ortho nitro benzene ring substituents is 1. The van der Waals surface area contributed by atoms with Crippen molar-refractivity contribution in [1.29, 1.82) is 0 Å². The Labute approximate surface area is 121 Å². The molecule has 0 radical (unpaired) electrons. The number of anilines is 1. The molecule has 2 rings (SSSR count). The van der Waals surface area contributed by atoms with Crippen LogP contribution in [0.4, 0.5) is 15.8 Å². The molecule has 0 saturated carbocycles. The quantitative estimate of drug-likeness (QED) is 0.632. The molecule has 0 bridgehead atoms. The van der Waals surface area contributed by atoms with Gasteiger partial charge in [-0.2, -0.15) is 0 Å². The normalized spacial score (nSPS) is 11.9. The van der Waals surface area contributed by atoms with Crippen molar-refractivity contribution in [2.24, 2.45) is 0 Å². The fourth-order valence-electron chi connectivity index (χ4n) is 2.06. The van der Waals surface area contributed by atoms with Gasteiger partial charge in [-0.15, -0.1) is 0 Å². The van der Waals surface area contributed by atoms with Crippen molar-refractivity contribution in [3.63, 3.8) is 0 Å². The molecule has 2 N–H and O–H groups in total. The van der Waals surface area contributed by atoms with E-state index in [-0.39, 0.29) is 24.0 Å². The van der Waals surface area contributed by atoms with Crippen LogP contribution in [-0.2, 0) is 0 Å². The summed E-state index contributed by atoms with van der Waals surface area (Å²) in [4.78, 5) is 9.95. The molecule has 0 aromatic heterocycles. The lowest BCUT2D eigenvalue weighted by Gasteiger charge is -2.19. The van der Waals surface area contributed by atoms with Crippen molar-refractivity contribution < 1.29 is 14.4 Å². The maximum absolute atomic E-state index is 13.9. The molecule has 0 fully saturated rings. The Morgan fingerprint density at radius 1 is 1.24 bits per heavy atom. The summed E-state index contributed by atoms with van der Waals surface area (Å²) in [6.45, 7) is -0.0544. The second-order valence-corrected chi connectivity index (χ2v) is 4.54. The zero-order valence-electron chi connectivity index (χ0n) is 11.2. The molecule has 0 spiro atoms. The Balaban J connectivity index is 2.23. The lowest BCUT2D eigenvalue weighted by molar-refractivity contribution is -0.385. The lowest BCUT2D eigenvalue weighted by atomic mass is 10.0. The van der Waals surface area contributed by atoms with E-state index >= 15 is 0 Å². The SMILES string of the molecule is O=[N+]([O-])c1ccc(N[C@@H](CCO)c2ccccc2)c(F)c1. The second kappa shape index (κ2) is 6.81. The average molecular weight is 290 g/mol. The number of hydrogen-bond donors (Lipinski definition) is 2. The van der Waals surface area contributed by atoms with Crippen molar-refractivity contribution in [2.75, 3.05) is 11.9 Å². The van der Waals surface area contributed by atoms with E-state index in [0.29, 0.717) is 6.42 Å². The Kier molecular flexibility index (Phi) is 4.84. The van der Waals surface area contributed by atoms with Gasteiger partial charge in [0.25, 0.3) is 5.69 Å². The standard InChI is InChI=1S/C15H15FN2O3/c16-13-10-12(18(20)21)6-7-15(13)17-14(8-9-19)11-4-2-1-3-5-11/h1-7,10,14,17,19H,8-9H2/t14-/m0/s1. The van der Waals surface area contributed by atoms with Crippen LogP contribution in [-0.4, -0.2) is 16.6 Å². The summed E-state index contributed by atoms with van der Waals surface area (Å²) in [7, 11) is 0. The van der Waals surface area contributed by atoms with Crippen molar-refractivity contribution in [3.8, 4) is 0 Å². The fraction of sp³-hybridized carbons (Fsp3) is 0.200. The highest BCUT2D eigenvalue weighted by molar-refractivity contribution is 5.51. The first-order chi connectivity index (χ1) is 10.1. The molecule has 2 aromatic rings.